The Kier molecular flexibility index (Phi) is 5.37. The van der Waals surface area contributed by atoms with Crippen LogP contribution in [0.5, 0.6) is 0 Å². The van der Waals surface area contributed by atoms with Crippen molar-refractivity contribution in [3.05, 3.63) is 65.2 Å². The quantitative estimate of drug-likeness (QED) is 0.808. The van der Waals surface area contributed by atoms with Gasteiger partial charge in [-0.05, 0) is 31.5 Å². The standard InChI is InChI=1S/C19H22O3S/c1-4-19(20)18(16-9-5-14(2)6-10-16)13-23(21,22)17-11-7-15(3)8-12-17/h5-12,18H,4,13H2,1-3H3. The summed E-state index contributed by atoms with van der Waals surface area (Å²) in [6, 6.07) is 14.3. The first kappa shape index (κ1) is 17.4. The summed E-state index contributed by atoms with van der Waals surface area (Å²) >= 11 is 0. The van der Waals surface area contributed by atoms with Crippen molar-refractivity contribution in [2.24, 2.45) is 0 Å². The van der Waals surface area contributed by atoms with Crippen molar-refractivity contribution in [1.29, 1.82) is 0 Å². The van der Waals surface area contributed by atoms with Gasteiger partial charge in [0.1, 0.15) is 5.78 Å². The lowest BCUT2D eigenvalue weighted by molar-refractivity contribution is -0.119. The molecular formula is C19H22O3S. The molecule has 0 aliphatic heterocycles. The molecular weight excluding hydrogens is 308 g/mol. The number of benzene rings is 2. The van der Waals surface area contributed by atoms with Gasteiger partial charge in [0.25, 0.3) is 0 Å². The molecule has 0 heterocycles. The first-order chi connectivity index (χ1) is 10.8. The van der Waals surface area contributed by atoms with Crippen molar-refractivity contribution >= 4 is 15.6 Å². The van der Waals surface area contributed by atoms with Crippen LogP contribution in [-0.4, -0.2) is 20.0 Å². The van der Waals surface area contributed by atoms with Crippen molar-refractivity contribution in [2.45, 2.75) is 38.0 Å². The van der Waals surface area contributed by atoms with Gasteiger partial charge in [-0.15, -0.1) is 0 Å². The molecule has 23 heavy (non-hydrogen) atoms. The van der Waals surface area contributed by atoms with Gasteiger partial charge in [0.05, 0.1) is 16.6 Å². The van der Waals surface area contributed by atoms with Gasteiger partial charge in [0, 0.05) is 6.42 Å². The highest BCUT2D eigenvalue weighted by atomic mass is 32.2. The largest absolute Gasteiger partial charge is 0.299 e. The molecule has 0 spiro atoms. The molecule has 0 aliphatic rings. The van der Waals surface area contributed by atoms with Gasteiger partial charge in [-0.1, -0.05) is 54.4 Å². The zero-order valence-corrected chi connectivity index (χ0v) is 14.6. The van der Waals surface area contributed by atoms with Crippen LogP contribution in [0.1, 0.15) is 36.0 Å². The van der Waals surface area contributed by atoms with Crippen molar-refractivity contribution in [3.63, 3.8) is 0 Å². The summed E-state index contributed by atoms with van der Waals surface area (Å²) in [7, 11) is -3.51. The van der Waals surface area contributed by atoms with Crippen molar-refractivity contribution < 1.29 is 13.2 Å². The van der Waals surface area contributed by atoms with Gasteiger partial charge in [0.15, 0.2) is 9.84 Å². The molecule has 0 aliphatic carbocycles. The van der Waals surface area contributed by atoms with E-state index in [0.29, 0.717) is 6.42 Å². The maximum Gasteiger partial charge on any atom is 0.179 e. The zero-order valence-electron chi connectivity index (χ0n) is 13.7. The van der Waals surface area contributed by atoms with Crippen molar-refractivity contribution in [2.75, 3.05) is 5.75 Å². The molecule has 1 atom stereocenters. The Hall–Kier alpha value is -1.94. The van der Waals surface area contributed by atoms with Gasteiger partial charge >= 0.3 is 0 Å². The number of sulfone groups is 1. The molecule has 2 aromatic carbocycles. The molecule has 0 saturated heterocycles. The molecule has 0 radical (unpaired) electrons. The number of rotatable bonds is 6. The normalized spacial score (nSPS) is 12.8. The van der Waals surface area contributed by atoms with Crippen molar-refractivity contribution in [3.8, 4) is 0 Å². The van der Waals surface area contributed by atoms with E-state index in [2.05, 4.69) is 0 Å². The van der Waals surface area contributed by atoms with Crippen molar-refractivity contribution in [1.82, 2.24) is 0 Å². The first-order valence-electron chi connectivity index (χ1n) is 7.72. The Morgan fingerprint density at radius 3 is 1.87 bits per heavy atom. The second-order valence-electron chi connectivity index (χ2n) is 5.88. The van der Waals surface area contributed by atoms with E-state index in [-0.39, 0.29) is 16.4 Å². The summed E-state index contributed by atoms with van der Waals surface area (Å²) < 4.78 is 25.3. The van der Waals surface area contributed by atoms with Gasteiger partial charge < -0.3 is 0 Å². The lowest BCUT2D eigenvalue weighted by Gasteiger charge is -2.16. The number of Topliss-reactive ketones (excluding diaryl/α,β-unsaturated/α-hetero) is 1. The second kappa shape index (κ2) is 7.09. The van der Waals surface area contributed by atoms with Crippen LogP contribution in [0.3, 0.4) is 0 Å². The fraction of sp³-hybridized carbons (Fsp3) is 0.316. The summed E-state index contributed by atoms with van der Waals surface area (Å²) in [6.07, 6.45) is 0.321. The molecule has 2 aromatic rings. The van der Waals surface area contributed by atoms with E-state index < -0.39 is 15.8 Å². The summed E-state index contributed by atoms with van der Waals surface area (Å²) in [5, 5.41) is 0. The second-order valence-corrected chi connectivity index (χ2v) is 7.91. The van der Waals surface area contributed by atoms with Crippen LogP contribution < -0.4 is 0 Å². The summed E-state index contributed by atoms with van der Waals surface area (Å²) in [5.41, 5.74) is 2.85. The average molecular weight is 330 g/mol. The third-order valence-electron chi connectivity index (χ3n) is 3.98. The fourth-order valence-electron chi connectivity index (χ4n) is 2.48. The molecule has 3 nitrogen and oxygen atoms in total. The van der Waals surface area contributed by atoms with Crippen LogP contribution in [0.15, 0.2) is 53.4 Å². The average Bonchev–Trinajstić information content (AvgIpc) is 2.53. The van der Waals surface area contributed by atoms with E-state index in [9.17, 15) is 13.2 Å². The molecule has 2 rings (SSSR count). The minimum atomic E-state index is -3.51. The smallest absolute Gasteiger partial charge is 0.179 e. The predicted molar refractivity (Wildman–Crippen MR) is 92.4 cm³/mol. The fourth-order valence-corrected chi connectivity index (χ4v) is 4.04. The summed E-state index contributed by atoms with van der Waals surface area (Å²) in [5.74, 6) is -0.859. The topological polar surface area (TPSA) is 51.2 Å². The van der Waals surface area contributed by atoms with Crippen LogP contribution in [0.4, 0.5) is 0 Å². The Labute approximate surface area is 138 Å². The number of hydrogen-bond donors (Lipinski definition) is 0. The highest BCUT2D eigenvalue weighted by Crippen LogP contribution is 2.24. The molecule has 0 N–H and O–H groups in total. The molecule has 4 heteroatoms. The summed E-state index contributed by atoms with van der Waals surface area (Å²) in [6.45, 7) is 5.64. The lowest BCUT2D eigenvalue weighted by Crippen LogP contribution is -2.22. The molecule has 0 bridgehead atoms. The van der Waals surface area contributed by atoms with Crippen LogP contribution >= 0.6 is 0 Å². The molecule has 122 valence electrons. The Morgan fingerprint density at radius 2 is 1.39 bits per heavy atom. The number of carbonyl (C=O) groups excluding carboxylic acids is 1. The third-order valence-corrected chi connectivity index (χ3v) is 5.75. The lowest BCUT2D eigenvalue weighted by atomic mass is 9.94. The van der Waals surface area contributed by atoms with Gasteiger partial charge in [-0.2, -0.15) is 0 Å². The van der Waals surface area contributed by atoms with Gasteiger partial charge in [-0.3, -0.25) is 4.79 Å². The first-order valence-corrected chi connectivity index (χ1v) is 9.37. The third kappa shape index (κ3) is 4.29. The number of ketones is 1. The highest BCUT2D eigenvalue weighted by Gasteiger charge is 2.27. The monoisotopic (exact) mass is 330 g/mol. The van der Waals surface area contributed by atoms with Crippen LogP contribution in [-0.2, 0) is 14.6 Å². The number of aryl methyl sites for hydroxylation is 2. The number of carbonyl (C=O) groups is 1. The molecule has 0 amide bonds. The van der Waals surface area contributed by atoms with Crippen LogP contribution in [0.25, 0.3) is 0 Å². The minimum Gasteiger partial charge on any atom is -0.299 e. The highest BCUT2D eigenvalue weighted by molar-refractivity contribution is 7.91. The number of hydrogen-bond acceptors (Lipinski definition) is 3. The van der Waals surface area contributed by atoms with E-state index in [0.717, 1.165) is 16.7 Å². The predicted octanol–water partition coefficient (Wildman–Crippen LogP) is 3.84. The van der Waals surface area contributed by atoms with Gasteiger partial charge in [0.2, 0.25) is 0 Å². The van der Waals surface area contributed by atoms with Crippen LogP contribution in [0, 0.1) is 13.8 Å². The Bertz CT molecular complexity index is 772. The van der Waals surface area contributed by atoms with E-state index in [1.807, 2.05) is 38.1 Å². The van der Waals surface area contributed by atoms with Crippen LogP contribution in [0.2, 0.25) is 0 Å². The van der Waals surface area contributed by atoms with E-state index in [4.69, 9.17) is 0 Å². The molecule has 0 fully saturated rings. The van der Waals surface area contributed by atoms with Gasteiger partial charge in [-0.25, -0.2) is 8.42 Å². The minimum absolute atomic E-state index is 0.0514. The maximum atomic E-state index is 12.7. The Morgan fingerprint density at radius 1 is 0.913 bits per heavy atom. The Balaban J connectivity index is 2.35. The summed E-state index contributed by atoms with van der Waals surface area (Å²) in [4.78, 5) is 12.6. The van der Waals surface area contributed by atoms with E-state index in [1.165, 1.54) is 0 Å². The SMILES string of the molecule is CCC(=O)C(CS(=O)(=O)c1ccc(C)cc1)c1ccc(C)cc1. The molecule has 1 unspecified atom stereocenters. The molecule has 0 aromatic heterocycles. The van der Waals surface area contributed by atoms with E-state index >= 15 is 0 Å². The maximum absolute atomic E-state index is 12.7. The zero-order chi connectivity index (χ0) is 17.0. The van der Waals surface area contributed by atoms with E-state index in [1.54, 1.807) is 31.2 Å². The molecule has 0 saturated carbocycles.